The van der Waals surface area contributed by atoms with Crippen molar-refractivity contribution >= 4 is 23.0 Å². The van der Waals surface area contributed by atoms with Gasteiger partial charge in [0.15, 0.2) is 5.11 Å². The summed E-state index contributed by atoms with van der Waals surface area (Å²) in [7, 11) is 1.65. The van der Waals surface area contributed by atoms with Gasteiger partial charge < -0.3 is 19.5 Å². The summed E-state index contributed by atoms with van der Waals surface area (Å²) in [5, 5.41) is 4.10. The Kier molecular flexibility index (Phi) is 5.79. The third kappa shape index (κ3) is 3.72. The fourth-order valence-corrected chi connectivity index (χ4v) is 5.13. The minimum Gasteiger partial charge on any atom is -0.497 e. The van der Waals surface area contributed by atoms with E-state index in [4.69, 9.17) is 17.0 Å². The number of thiocarbonyl (C=S) groups is 1. The number of aryl methyl sites for hydroxylation is 1. The van der Waals surface area contributed by atoms with Gasteiger partial charge in [0.25, 0.3) is 0 Å². The summed E-state index contributed by atoms with van der Waals surface area (Å²) in [5.41, 5.74) is 5.32. The molecule has 0 radical (unpaired) electrons. The molecule has 34 heavy (non-hydrogen) atoms. The fraction of sp³-hybridized carbons (Fsp3) is 0.185. The number of rotatable bonds is 5. The molecule has 2 aromatic heterocycles. The number of hydrogen-bond acceptors (Lipinski definition) is 3. The third-order valence-electron chi connectivity index (χ3n) is 6.33. The van der Waals surface area contributed by atoms with Crippen molar-refractivity contribution in [3.63, 3.8) is 0 Å². The van der Waals surface area contributed by atoms with Crippen LogP contribution in [0.4, 0.5) is 10.1 Å². The van der Waals surface area contributed by atoms with Crippen molar-refractivity contribution < 1.29 is 9.13 Å². The lowest BCUT2D eigenvalue weighted by Crippen LogP contribution is -2.29. The van der Waals surface area contributed by atoms with Crippen LogP contribution in [0, 0.1) is 19.7 Å². The van der Waals surface area contributed by atoms with E-state index < -0.39 is 0 Å². The van der Waals surface area contributed by atoms with E-state index in [0.29, 0.717) is 10.8 Å². The number of anilines is 1. The first kappa shape index (κ1) is 22.1. The zero-order chi connectivity index (χ0) is 23.8. The number of para-hydroxylation sites is 1. The molecule has 0 amide bonds. The fourth-order valence-electron chi connectivity index (χ4n) is 4.78. The van der Waals surface area contributed by atoms with Crippen LogP contribution in [0.1, 0.15) is 34.7 Å². The largest absolute Gasteiger partial charge is 0.497 e. The Balaban J connectivity index is 1.68. The highest BCUT2D eigenvalue weighted by molar-refractivity contribution is 7.80. The highest BCUT2D eigenvalue weighted by atomic mass is 32.1. The molecule has 2 atom stereocenters. The molecule has 172 valence electrons. The molecule has 7 heteroatoms. The molecule has 1 N–H and O–H groups in total. The molecule has 5 rings (SSSR count). The Bertz CT molecular complexity index is 1340. The molecule has 3 heterocycles. The van der Waals surface area contributed by atoms with E-state index in [1.165, 1.54) is 6.07 Å². The first-order valence-electron chi connectivity index (χ1n) is 11.1. The summed E-state index contributed by atoms with van der Waals surface area (Å²) in [4.78, 5) is 6.73. The number of hydrogen-bond donors (Lipinski definition) is 1. The zero-order valence-corrected chi connectivity index (χ0v) is 20.0. The number of nitrogens with one attached hydrogen (secondary N) is 1. The number of ether oxygens (including phenoxy) is 1. The standard InChI is InChI=1S/C27H25FN4OS/c1-17-16-21(18(2)31(17)24-10-5-4-8-22(24)28)26-25(23-9-6-7-15-29-23)30-27(34)32(26)19-11-13-20(33-3)14-12-19/h4-16,25-26H,1-3H3,(H,30,34). The quantitative estimate of drug-likeness (QED) is 0.371. The summed E-state index contributed by atoms with van der Waals surface area (Å²) in [6, 6.07) is 22.3. The summed E-state index contributed by atoms with van der Waals surface area (Å²) < 4.78 is 22.1. The lowest BCUT2D eigenvalue weighted by Gasteiger charge is -2.28. The lowest BCUT2D eigenvalue weighted by molar-refractivity contribution is 0.415. The molecule has 2 unspecified atom stereocenters. The van der Waals surface area contributed by atoms with E-state index in [0.717, 1.165) is 34.1 Å². The van der Waals surface area contributed by atoms with Crippen LogP contribution in [-0.4, -0.2) is 21.8 Å². The topological polar surface area (TPSA) is 42.3 Å². The molecule has 0 spiro atoms. The van der Waals surface area contributed by atoms with Crippen molar-refractivity contribution in [3.05, 3.63) is 107 Å². The molecule has 0 bridgehead atoms. The molecule has 2 aromatic carbocycles. The highest BCUT2D eigenvalue weighted by Crippen LogP contribution is 2.44. The molecule has 5 nitrogen and oxygen atoms in total. The van der Waals surface area contributed by atoms with Crippen LogP contribution in [0.2, 0.25) is 0 Å². The van der Waals surface area contributed by atoms with Crippen LogP contribution in [0.25, 0.3) is 5.69 Å². The molecule has 0 aliphatic carbocycles. The van der Waals surface area contributed by atoms with Crippen molar-refractivity contribution in [1.82, 2.24) is 14.9 Å². The van der Waals surface area contributed by atoms with Gasteiger partial charge in [-0.1, -0.05) is 18.2 Å². The first-order valence-corrected chi connectivity index (χ1v) is 11.5. The predicted octanol–water partition coefficient (Wildman–Crippen LogP) is 5.81. The van der Waals surface area contributed by atoms with Gasteiger partial charge in [-0.25, -0.2) is 4.39 Å². The molecule has 1 saturated heterocycles. The molecule has 1 fully saturated rings. The van der Waals surface area contributed by atoms with Gasteiger partial charge in [0.1, 0.15) is 11.6 Å². The number of methoxy groups -OCH3 is 1. The van der Waals surface area contributed by atoms with E-state index in [1.54, 1.807) is 25.4 Å². The maximum atomic E-state index is 14.8. The average molecular weight is 473 g/mol. The van der Waals surface area contributed by atoms with Crippen LogP contribution in [-0.2, 0) is 0 Å². The SMILES string of the molecule is COc1ccc(N2C(=S)NC(c3ccccn3)C2c2cc(C)n(-c3ccccc3F)c2C)cc1. The van der Waals surface area contributed by atoms with Gasteiger partial charge in [0.2, 0.25) is 0 Å². The number of nitrogens with zero attached hydrogens (tertiary/aromatic N) is 3. The second-order valence-corrected chi connectivity index (χ2v) is 8.69. The van der Waals surface area contributed by atoms with E-state index in [9.17, 15) is 4.39 Å². The second kappa shape index (κ2) is 8.91. The number of benzene rings is 2. The Labute approximate surface area is 203 Å². The summed E-state index contributed by atoms with van der Waals surface area (Å²) in [6.45, 7) is 4.02. The van der Waals surface area contributed by atoms with Crippen molar-refractivity contribution in [1.29, 1.82) is 0 Å². The maximum absolute atomic E-state index is 14.8. The number of pyridine rings is 1. The third-order valence-corrected chi connectivity index (χ3v) is 6.65. The van der Waals surface area contributed by atoms with Crippen LogP contribution in [0.15, 0.2) is 79.0 Å². The Morgan fingerprint density at radius 2 is 1.74 bits per heavy atom. The molecule has 0 saturated carbocycles. The van der Waals surface area contributed by atoms with Crippen molar-refractivity contribution in [3.8, 4) is 11.4 Å². The molecule has 1 aliphatic rings. The summed E-state index contributed by atoms with van der Waals surface area (Å²) in [5.74, 6) is 0.515. The highest BCUT2D eigenvalue weighted by Gasteiger charge is 2.42. The van der Waals surface area contributed by atoms with Gasteiger partial charge in [-0.2, -0.15) is 0 Å². The lowest BCUT2D eigenvalue weighted by atomic mass is 9.96. The molecule has 1 aliphatic heterocycles. The Morgan fingerprint density at radius 1 is 1.00 bits per heavy atom. The van der Waals surface area contributed by atoms with Crippen LogP contribution in [0.5, 0.6) is 5.75 Å². The van der Waals surface area contributed by atoms with Crippen molar-refractivity contribution in [2.24, 2.45) is 0 Å². The van der Waals surface area contributed by atoms with E-state index in [2.05, 4.69) is 21.3 Å². The first-order chi connectivity index (χ1) is 16.5. The second-order valence-electron chi connectivity index (χ2n) is 8.31. The van der Waals surface area contributed by atoms with Crippen molar-refractivity contribution in [2.75, 3.05) is 12.0 Å². The zero-order valence-electron chi connectivity index (χ0n) is 19.2. The monoisotopic (exact) mass is 472 g/mol. The predicted molar refractivity (Wildman–Crippen MR) is 136 cm³/mol. The van der Waals surface area contributed by atoms with Crippen LogP contribution >= 0.6 is 12.2 Å². The average Bonchev–Trinajstić information content (AvgIpc) is 3.35. The Hall–Kier alpha value is -3.71. The summed E-state index contributed by atoms with van der Waals surface area (Å²) in [6.07, 6.45) is 1.79. The molecular formula is C27H25FN4OS. The minimum absolute atomic E-state index is 0.176. The Morgan fingerprint density at radius 3 is 2.41 bits per heavy atom. The van der Waals surface area contributed by atoms with Crippen molar-refractivity contribution in [2.45, 2.75) is 25.9 Å². The smallest absolute Gasteiger partial charge is 0.174 e. The maximum Gasteiger partial charge on any atom is 0.174 e. The van der Waals surface area contributed by atoms with Gasteiger partial charge in [-0.05, 0) is 86.2 Å². The van der Waals surface area contributed by atoms with E-state index >= 15 is 0 Å². The van der Waals surface area contributed by atoms with Crippen LogP contribution in [0.3, 0.4) is 0 Å². The normalized spacial score (nSPS) is 17.6. The molecular weight excluding hydrogens is 447 g/mol. The molecule has 4 aromatic rings. The van der Waals surface area contributed by atoms with E-state index in [1.807, 2.05) is 66.9 Å². The van der Waals surface area contributed by atoms with Gasteiger partial charge in [-0.3, -0.25) is 4.98 Å². The van der Waals surface area contributed by atoms with Gasteiger partial charge in [0, 0.05) is 23.3 Å². The number of aromatic nitrogens is 2. The van der Waals surface area contributed by atoms with E-state index in [-0.39, 0.29) is 17.9 Å². The minimum atomic E-state index is -0.260. The van der Waals surface area contributed by atoms with Gasteiger partial charge in [-0.15, -0.1) is 0 Å². The summed E-state index contributed by atoms with van der Waals surface area (Å²) >= 11 is 5.82. The van der Waals surface area contributed by atoms with Gasteiger partial charge >= 0.3 is 0 Å². The van der Waals surface area contributed by atoms with Crippen LogP contribution < -0.4 is 15.0 Å². The number of halogens is 1. The van der Waals surface area contributed by atoms with Gasteiger partial charge in [0.05, 0.1) is 30.6 Å².